The van der Waals surface area contributed by atoms with Gasteiger partial charge in [0.2, 0.25) is 0 Å². The molecule has 0 aliphatic rings. The van der Waals surface area contributed by atoms with Crippen molar-refractivity contribution in [2.45, 2.75) is 219 Å². The number of phosphoric acid groups is 1. The average molecular weight is 777 g/mol. The largest absolute Gasteiger partial charge is 0.472 e. The van der Waals surface area contributed by atoms with E-state index in [0.717, 1.165) is 38.5 Å². The summed E-state index contributed by atoms with van der Waals surface area (Å²) in [4.78, 5) is 34.4. The lowest BCUT2D eigenvalue weighted by atomic mass is 10.1. The molecular weight excluding hydrogens is 695 g/mol. The number of esters is 2. The molecule has 10 nitrogen and oxygen atoms in total. The minimum absolute atomic E-state index is 0.193. The smallest absolute Gasteiger partial charge is 0.457 e. The Hall–Kier alpha value is -1.29. The van der Waals surface area contributed by atoms with Crippen molar-refractivity contribution >= 4 is 19.8 Å². The van der Waals surface area contributed by atoms with E-state index in [1.165, 1.54) is 128 Å². The van der Waals surface area contributed by atoms with E-state index in [4.69, 9.17) is 18.5 Å². The summed E-state index contributed by atoms with van der Waals surface area (Å²) in [5, 5.41) is 19.1. The number of hydrogen-bond donors (Lipinski definition) is 3. The fourth-order valence-electron chi connectivity index (χ4n) is 6.11. The van der Waals surface area contributed by atoms with Gasteiger partial charge in [-0.1, -0.05) is 167 Å². The van der Waals surface area contributed by atoms with Crippen molar-refractivity contribution in [3.8, 4) is 0 Å². The van der Waals surface area contributed by atoms with Crippen molar-refractivity contribution in [3.63, 3.8) is 0 Å². The lowest BCUT2D eigenvalue weighted by Gasteiger charge is -2.20. The fraction of sp³-hybridized carbons (Fsp3) is 0.905. The van der Waals surface area contributed by atoms with Gasteiger partial charge in [0.05, 0.1) is 26.4 Å². The third-order valence-electron chi connectivity index (χ3n) is 9.48. The highest BCUT2D eigenvalue weighted by Crippen LogP contribution is 2.43. The fourth-order valence-corrected chi connectivity index (χ4v) is 6.89. The Balaban J connectivity index is 3.88. The van der Waals surface area contributed by atoms with Crippen molar-refractivity contribution in [2.75, 3.05) is 26.4 Å². The molecule has 0 spiro atoms. The Morgan fingerprint density at radius 3 is 1.08 bits per heavy atom. The molecule has 0 bridgehead atoms. The second-order valence-corrected chi connectivity index (χ2v) is 16.1. The lowest BCUT2D eigenvalue weighted by molar-refractivity contribution is -0.153. The van der Waals surface area contributed by atoms with E-state index in [0.29, 0.717) is 12.8 Å². The molecule has 0 aromatic rings. The van der Waals surface area contributed by atoms with Crippen molar-refractivity contribution in [3.05, 3.63) is 12.2 Å². The van der Waals surface area contributed by atoms with Crippen LogP contribution in [-0.2, 0) is 32.7 Å². The number of aliphatic hydroxyl groups is 2. The normalized spacial score (nSPS) is 14.0. The zero-order chi connectivity index (χ0) is 39.1. The second-order valence-electron chi connectivity index (χ2n) is 14.7. The number of rotatable bonds is 41. The van der Waals surface area contributed by atoms with Gasteiger partial charge in [0.1, 0.15) is 12.2 Å². The first-order valence-corrected chi connectivity index (χ1v) is 23.1. The molecular formula is C42H81O10P. The van der Waals surface area contributed by atoms with E-state index in [1.807, 2.05) is 0 Å². The van der Waals surface area contributed by atoms with Crippen molar-refractivity contribution in [2.24, 2.45) is 0 Å². The number of hydrogen-bond acceptors (Lipinski definition) is 9. The number of unbranched alkanes of at least 4 members (excludes halogenated alkanes) is 25. The highest BCUT2D eigenvalue weighted by Gasteiger charge is 2.27. The van der Waals surface area contributed by atoms with Gasteiger partial charge in [0.15, 0.2) is 0 Å². The molecule has 3 N–H and O–H groups in total. The van der Waals surface area contributed by atoms with Crippen LogP contribution in [0.5, 0.6) is 0 Å². The monoisotopic (exact) mass is 777 g/mol. The van der Waals surface area contributed by atoms with Gasteiger partial charge in [-0.05, 0) is 38.5 Å². The molecule has 0 amide bonds. The molecule has 0 aromatic heterocycles. The van der Waals surface area contributed by atoms with Crippen LogP contribution < -0.4 is 0 Å². The van der Waals surface area contributed by atoms with Crippen LogP contribution in [0.4, 0.5) is 0 Å². The van der Waals surface area contributed by atoms with Crippen LogP contribution in [0.3, 0.4) is 0 Å². The first kappa shape index (κ1) is 51.7. The summed E-state index contributed by atoms with van der Waals surface area (Å²) in [5.41, 5.74) is 0. The van der Waals surface area contributed by atoms with Gasteiger partial charge in [-0.2, -0.15) is 0 Å². The first-order chi connectivity index (χ1) is 25.8. The van der Waals surface area contributed by atoms with Gasteiger partial charge in [0, 0.05) is 12.8 Å². The van der Waals surface area contributed by atoms with Gasteiger partial charge in [-0.3, -0.25) is 18.6 Å². The Morgan fingerprint density at radius 1 is 0.491 bits per heavy atom. The van der Waals surface area contributed by atoms with Crippen molar-refractivity contribution in [1.82, 2.24) is 0 Å². The van der Waals surface area contributed by atoms with E-state index < -0.39 is 58.4 Å². The SMILES string of the molecule is CCCCCCCC/C=C\CCCCCCCCCCCC(=O)OC(CO)COP(=O)(O)OCC(CO)OC(=O)CCCCCCCCCCCCC. The highest BCUT2D eigenvalue weighted by atomic mass is 31.2. The van der Waals surface area contributed by atoms with Gasteiger partial charge in [0.25, 0.3) is 0 Å². The number of phosphoric ester groups is 1. The summed E-state index contributed by atoms with van der Waals surface area (Å²) < 4.78 is 32.5. The maximum atomic E-state index is 12.3. The number of carbonyl (C=O) groups is 2. The molecule has 11 heteroatoms. The molecule has 0 fully saturated rings. The molecule has 0 heterocycles. The average Bonchev–Trinajstić information content (AvgIpc) is 3.14. The van der Waals surface area contributed by atoms with Crippen LogP contribution >= 0.6 is 7.82 Å². The molecule has 0 aliphatic carbocycles. The van der Waals surface area contributed by atoms with Crippen LogP contribution in [-0.4, -0.2) is 65.7 Å². The molecule has 3 atom stereocenters. The lowest BCUT2D eigenvalue weighted by Crippen LogP contribution is -2.28. The van der Waals surface area contributed by atoms with Crippen LogP contribution in [0.2, 0.25) is 0 Å². The summed E-state index contributed by atoms with van der Waals surface area (Å²) in [6.07, 6.45) is 36.2. The third kappa shape index (κ3) is 37.4. The standard InChI is InChI=1S/C42H81O10P/c1-3-5-7-9-11-13-15-16-17-18-19-20-21-22-24-26-28-30-32-34-42(46)52-40(36-44)38-50-53(47,48)49-37-39(35-43)51-41(45)33-31-29-27-25-23-14-12-10-8-6-4-2/h16-17,39-40,43-44H,3-15,18-38H2,1-2H3,(H,47,48)/b17-16-. The summed E-state index contributed by atoms with van der Waals surface area (Å²) >= 11 is 0. The van der Waals surface area contributed by atoms with E-state index in [9.17, 15) is 29.3 Å². The van der Waals surface area contributed by atoms with Crippen LogP contribution in [0.1, 0.15) is 206 Å². The molecule has 53 heavy (non-hydrogen) atoms. The van der Waals surface area contributed by atoms with Gasteiger partial charge in [-0.25, -0.2) is 4.57 Å². The zero-order valence-electron chi connectivity index (χ0n) is 34.0. The van der Waals surface area contributed by atoms with Crippen molar-refractivity contribution in [1.29, 1.82) is 0 Å². The van der Waals surface area contributed by atoms with E-state index in [2.05, 4.69) is 26.0 Å². The Labute approximate surface area is 324 Å². The maximum absolute atomic E-state index is 12.3. The number of carbonyl (C=O) groups excluding carboxylic acids is 2. The Morgan fingerprint density at radius 2 is 0.774 bits per heavy atom. The van der Waals surface area contributed by atoms with Crippen LogP contribution in [0, 0.1) is 0 Å². The molecule has 0 aliphatic heterocycles. The molecule has 0 saturated carbocycles. The maximum Gasteiger partial charge on any atom is 0.472 e. The summed E-state index contributed by atoms with van der Waals surface area (Å²) in [5.74, 6) is -1.01. The predicted molar refractivity (Wildman–Crippen MR) is 215 cm³/mol. The zero-order valence-corrected chi connectivity index (χ0v) is 34.9. The minimum atomic E-state index is -4.63. The molecule has 0 saturated heterocycles. The second kappa shape index (κ2) is 39.0. The van der Waals surface area contributed by atoms with E-state index >= 15 is 0 Å². The van der Waals surface area contributed by atoms with E-state index in [1.54, 1.807) is 0 Å². The quantitative estimate of drug-likeness (QED) is 0.0237. The number of ether oxygens (including phenoxy) is 2. The van der Waals surface area contributed by atoms with E-state index in [-0.39, 0.29) is 12.8 Å². The molecule has 3 unspecified atom stereocenters. The Bertz CT molecular complexity index is 899. The number of allylic oxidation sites excluding steroid dienone is 2. The van der Waals surface area contributed by atoms with Crippen LogP contribution in [0.15, 0.2) is 12.2 Å². The first-order valence-electron chi connectivity index (χ1n) is 21.6. The highest BCUT2D eigenvalue weighted by molar-refractivity contribution is 7.47. The Kier molecular flexibility index (Phi) is 38.0. The van der Waals surface area contributed by atoms with Gasteiger partial charge in [-0.15, -0.1) is 0 Å². The topological polar surface area (TPSA) is 149 Å². The molecule has 0 rings (SSSR count). The minimum Gasteiger partial charge on any atom is -0.457 e. The molecule has 0 aromatic carbocycles. The van der Waals surface area contributed by atoms with Crippen LogP contribution in [0.25, 0.3) is 0 Å². The number of aliphatic hydroxyl groups excluding tert-OH is 2. The van der Waals surface area contributed by atoms with Gasteiger partial charge < -0.3 is 24.6 Å². The summed E-state index contributed by atoms with van der Waals surface area (Å²) in [6.45, 7) is 2.21. The molecule has 0 radical (unpaired) electrons. The van der Waals surface area contributed by atoms with Crippen molar-refractivity contribution < 1.29 is 47.8 Å². The summed E-state index contributed by atoms with van der Waals surface area (Å²) in [7, 11) is -4.63. The molecule has 314 valence electrons. The predicted octanol–water partition coefficient (Wildman–Crippen LogP) is 11.2. The summed E-state index contributed by atoms with van der Waals surface area (Å²) in [6, 6.07) is 0. The van der Waals surface area contributed by atoms with Gasteiger partial charge >= 0.3 is 19.8 Å². The third-order valence-corrected chi connectivity index (χ3v) is 10.4.